The van der Waals surface area contributed by atoms with Crippen LogP contribution in [0.25, 0.3) is 32.8 Å². The van der Waals surface area contributed by atoms with Gasteiger partial charge in [-0.2, -0.15) is 0 Å². The van der Waals surface area contributed by atoms with E-state index in [1.807, 2.05) is 111 Å². The van der Waals surface area contributed by atoms with Gasteiger partial charge in [-0.1, -0.05) is 101 Å². The van der Waals surface area contributed by atoms with Crippen LogP contribution in [-0.2, 0) is 32.3 Å². The molecular formula is C54H70N10O6S. The van der Waals surface area contributed by atoms with Crippen molar-refractivity contribution in [2.75, 3.05) is 58.6 Å². The number of nitrogens with two attached hydrogens (primary N) is 1. The minimum absolute atomic E-state index is 0.0296. The molecule has 17 heteroatoms. The number of para-hydroxylation sites is 1. The van der Waals surface area contributed by atoms with Crippen molar-refractivity contribution in [3.63, 3.8) is 0 Å². The maximum atomic E-state index is 14.0. The maximum absolute atomic E-state index is 14.0. The van der Waals surface area contributed by atoms with E-state index in [0.717, 1.165) is 83.7 Å². The van der Waals surface area contributed by atoms with E-state index >= 15 is 0 Å². The molecule has 7 rings (SSSR count). The minimum atomic E-state index is -0.856. The zero-order chi connectivity index (χ0) is 50.7. The molecule has 2 fully saturated rings. The van der Waals surface area contributed by atoms with Gasteiger partial charge in [0.15, 0.2) is 5.82 Å². The standard InChI is InChI=1S/C54H70N10O6S/c1-36-49(71-35-57-36)40-22-16-37(17-23-40)31-56-52(69)45-29-41(65)33-64(45)53(70)50(54(2,3)4)58-47(67)15-9-7-6-8-12-24-62-25-27-63(28-26-62)48(68)34-61(5)32-38-18-20-39(21-19-38)43-30-44(59-60-51(43)55)42-13-10-11-14-46(42)66/h10-11,13-14,16-23,30,35,41,45,50,65-66H,6-9,12,15,24-29,31-34H2,1-5H3,(H2,55,60)(H,56,69)(H,58,67)/t41-,45+,50?/m1/s1. The van der Waals surface area contributed by atoms with Crippen molar-refractivity contribution in [3.8, 4) is 38.6 Å². The van der Waals surface area contributed by atoms with Gasteiger partial charge in [-0.05, 0) is 79.2 Å². The number of carbonyl (C=O) groups excluding carboxylic acids is 4. The molecule has 2 aliphatic heterocycles. The molecule has 4 amide bonds. The van der Waals surface area contributed by atoms with Gasteiger partial charge in [-0.3, -0.25) is 29.0 Å². The fraction of sp³-hybridized carbons (Fsp3) is 0.463. The molecule has 378 valence electrons. The first-order valence-electron chi connectivity index (χ1n) is 24.8. The summed E-state index contributed by atoms with van der Waals surface area (Å²) in [5.41, 5.74) is 14.1. The highest BCUT2D eigenvalue weighted by molar-refractivity contribution is 7.13. The Morgan fingerprint density at radius 2 is 1.55 bits per heavy atom. The second-order valence-corrected chi connectivity index (χ2v) is 21.0. The van der Waals surface area contributed by atoms with Crippen LogP contribution in [-0.4, -0.2) is 140 Å². The topological polar surface area (TPSA) is 210 Å². The summed E-state index contributed by atoms with van der Waals surface area (Å²) in [4.78, 5) is 67.3. The Balaban J connectivity index is 0.764. The van der Waals surface area contributed by atoms with Gasteiger partial charge in [-0.25, -0.2) is 4.98 Å². The third-order valence-corrected chi connectivity index (χ3v) is 14.4. The van der Waals surface area contributed by atoms with Gasteiger partial charge in [-0.15, -0.1) is 21.5 Å². The summed E-state index contributed by atoms with van der Waals surface area (Å²) in [5.74, 6) is -0.350. The number of phenols is 1. The summed E-state index contributed by atoms with van der Waals surface area (Å²) in [7, 11) is 1.95. The summed E-state index contributed by atoms with van der Waals surface area (Å²) >= 11 is 1.58. The van der Waals surface area contributed by atoms with Crippen molar-refractivity contribution in [3.05, 3.63) is 101 Å². The number of β-amino-alcohol motifs (C(OH)–C–C–N with tert-alkyl or cyclic N) is 1. The number of thiazole rings is 1. The van der Waals surface area contributed by atoms with E-state index < -0.39 is 23.6 Å². The first-order chi connectivity index (χ1) is 34.0. The van der Waals surface area contributed by atoms with Gasteiger partial charge in [0.2, 0.25) is 23.6 Å². The average molecular weight is 987 g/mol. The molecule has 71 heavy (non-hydrogen) atoms. The Bertz CT molecular complexity index is 2590. The number of aromatic nitrogens is 3. The first-order valence-corrected chi connectivity index (χ1v) is 25.7. The summed E-state index contributed by atoms with van der Waals surface area (Å²) < 4.78 is 0. The van der Waals surface area contributed by atoms with Crippen molar-refractivity contribution in [2.45, 2.75) is 104 Å². The lowest BCUT2D eigenvalue weighted by Crippen LogP contribution is -2.57. The number of aromatic hydroxyl groups is 1. The Morgan fingerprint density at radius 1 is 0.873 bits per heavy atom. The predicted octanol–water partition coefficient (Wildman–Crippen LogP) is 6.26. The normalized spacial score (nSPS) is 16.8. The number of hydrogen-bond acceptors (Lipinski definition) is 13. The number of aryl methyl sites for hydroxylation is 1. The summed E-state index contributed by atoms with van der Waals surface area (Å²) in [6, 6.07) is 23.1. The van der Waals surface area contributed by atoms with E-state index in [-0.39, 0.29) is 48.9 Å². The van der Waals surface area contributed by atoms with Gasteiger partial charge in [0.25, 0.3) is 0 Å². The number of nitrogen functional groups attached to an aromatic ring is 1. The number of nitrogens with one attached hydrogen (secondary N) is 2. The molecule has 0 aliphatic carbocycles. The summed E-state index contributed by atoms with van der Waals surface area (Å²) in [6.45, 7) is 13.0. The molecule has 2 aliphatic rings. The largest absolute Gasteiger partial charge is 0.507 e. The number of rotatable bonds is 20. The molecule has 3 atom stereocenters. The molecule has 0 saturated carbocycles. The number of unbranched alkanes of at least 4 members (excludes halogenated alkanes) is 4. The van der Waals surface area contributed by atoms with Crippen LogP contribution in [0.2, 0.25) is 0 Å². The van der Waals surface area contributed by atoms with Crippen LogP contribution in [0.4, 0.5) is 5.82 Å². The molecular weight excluding hydrogens is 917 g/mol. The lowest BCUT2D eigenvalue weighted by molar-refractivity contribution is -0.144. The van der Waals surface area contributed by atoms with Gasteiger partial charge in [0, 0.05) is 69.8 Å². The number of benzene rings is 3. The fourth-order valence-electron chi connectivity index (χ4n) is 9.33. The molecule has 0 spiro atoms. The fourth-order valence-corrected chi connectivity index (χ4v) is 10.1. The van der Waals surface area contributed by atoms with Gasteiger partial charge in [0.05, 0.1) is 34.4 Å². The van der Waals surface area contributed by atoms with Crippen LogP contribution < -0.4 is 16.4 Å². The third kappa shape index (κ3) is 14.2. The molecule has 3 aromatic carbocycles. The van der Waals surface area contributed by atoms with Crippen LogP contribution in [0, 0.1) is 12.3 Å². The summed E-state index contributed by atoms with van der Waals surface area (Å²) in [5, 5.41) is 35.2. The van der Waals surface area contributed by atoms with E-state index in [1.165, 1.54) is 4.90 Å². The van der Waals surface area contributed by atoms with Crippen molar-refractivity contribution in [1.29, 1.82) is 0 Å². The molecule has 6 N–H and O–H groups in total. The number of likely N-dealkylation sites (tertiary alicyclic amines) is 1. The van der Waals surface area contributed by atoms with Crippen LogP contribution in [0.3, 0.4) is 0 Å². The Kier molecular flexibility index (Phi) is 17.9. The number of amides is 4. The number of phenolic OH excluding ortho intramolecular Hbond substituents is 1. The van der Waals surface area contributed by atoms with E-state index in [9.17, 15) is 29.4 Å². The Labute approximate surface area is 421 Å². The maximum Gasteiger partial charge on any atom is 0.246 e. The van der Waals surface area contributed by atoms with Crippen LogP contribution >= 0.6 is 11.3 Å². The number of nitrogens with zero attached hydrogens (tertiary/aromatic N) is 7. The van der Waals surface area contributed by atoms with E-state index in [0.29, 0.717) is 56.1 Å². The monoisotopic (exact) mass is 987 g/mol. The second kappa shape index (κ2) is 24.2. The Hall–Kier alpha value is -6.27. The van der Waals surface area contributed by atoms with Crippen LogP contribution in [0.15, 0.2) is 84.4 Å². The van der Waals surface area contributed by atoms with Crippen LogP contribution in [0.1, 0.15) is 82.5 Å². The number of carbonyl (C=O) groups is 4. The molecule has 0 radical (unpaired) electrons. The van der Waals surface area contributed by atoms with Gasteiger partial charge >= 0.3 is 0 Å². The van der Waals surface area contributed by atoms with Gasteiger partial charge < -0.3 is 36.4 Å². The predicted molar refractivity (Wildman–Crippen MR) is 278 cm³/mol. The number of aliphatic hydroxyl groups is 1. The molecule has 2 aromatic heterocycles. The zero-order valence-electron chi connectivity index (χ0n) is 41.8. The number of likely N-dealkylation sites (N-methyl/N-ethyl adjacent to an activating group) is 1. The third-order valence-electron chi connectivity index (χ3n) is 13.4. The second-order valence-electron chi connectivity index (χ2n) is 20.1. The quantitative estimate of drug-likeness (QED) is 0.0548. The molecule has 4 heterocycles. The van der Waals surface area contributed by atoms with Crippen molar-refractivity contribution < 1.29 is 29.4 Å². The lowest BCUT2D eigenvalue weighted by atomic mass is 9.85. The highest BCUT2D eigenvalue weighted by Crippen LogP contribution is 2.33. The molecule has 2 saturated heterocycles. The molecule has 16 nitrogen and oxygen atoms in total. The number of hydrogen-bond donors (Lipinski definition) is 5. The lowest BCUT2D eigenvalue weighted by Gasteiger charge is -2.35. The average Bonchev–Trinajstić information content (AvgIpc) is 3.97. The minimum Gasteiger partial charge on any atom is -0.507 e. The number of aliphatic hydroxyl groups excluding tert-OH is 1. The van der Waals surface area contributed by atoms with Crippen molar-refractivity contribution in [1.82, 2.24) is 45.4 Å². The Morgan fingerprint density at radius 3 is 2.24 bits per heavy atom. The molecule has 5 aromatic rings. The number of piperazine rings is 1. The van der Waals surface area contributed by atoms with Crippen molar-refractivity contribution in [2.24, 2.45) is 5.41 Å². The van der Waals surface area contributed by atoms with Crippen molar-refractivity contribution >= 4 is 40.8 Å². The van der Waals surface area contributed by atoms with E-state index in [2.05, 4.69) is 30.7 Å². The SMILES string of the molecule is Cc1ncsc1-c1ccc(CNC(=O)[C@@H]2C[C@@H](O)CN2C(=O)C(NC(=O)CCCCCCCN2CCN(C(=O)CN(C)Cc3ccc(-c4cc(-c5ccccc5O)nnc4N)cc3)CC2)C(C)(C)C)cc1. The first kappa shape index (κ1) is 52.6. The molecule has 1 unspecified atom stereocenters. The number of anilines is 1. The van der Waals surface area contributed by atoms with E-state index in [4.69, 9.17) is 5.73 Å². The smallest absolute Gasteiger partial charge is 0.246 e. The highest BCUT2D eigenvalue weighted by Gasteiger charge is 2.44. The van der Waals surface area contributed by atoms with E-state index in [1.54, 1.807) is 29.5 Å². The molecule has 0 bridgehead atoms. The zero-order valence-corrected chi connectivity index (χ0v) is 42.6. The van der Waals surface area contributed by atoms with Gasteiger partial charge in [0.1, 0.15) is 17.8 Å². The highest BCUT2D eigenvalue weighted by atomic mass is 32.1. The summed E-state index contributed by atoms with van der Waals surface area (Å²) in [6.07, 6.45) is 4.28. The van der Waals surface area contributed by atoms with Crippen LogP contribution in [0.5, 0.6) is 5.75 Å².